The van der Waals surface area contributed by atoms with Crippen LogP contribution in [0.5, 0.6) is 5.75 Å². The Morgan fingerprint density at radius 1 is 0.920 bits per heavy atom. The second-order valence-corrected chi connectivity index (χ2v) is 7.19. The van der Waals surface area contributed by atoms with Crippen molar-refractivity contribution in [3.05, 3.63) is 92.9 Å². The van der Waals surface area contributed by atoms with Gasteiger partial charge in [-0.25, -0.2) is 0 Å². The van der Waals surface area contributed by atoms with Gasteiger partial charge in [0.1, 0.15) is 12.4 Å². The Hall–Kier alpha value is -1.97. The number of ether oxygens (including phenoxy) is 1. The topological polar surface area (TPSA) is 21.3 Å². The lowest BCUT2D eigenvalue weighted by atomic mass is 10.2. The summed E-state index contributed by atoms with van der Waals surface area (Å²) in [5.41, 5.74) is 4.65. The summed E-state index contributed by atoms with van der Waals surface area (Å²) in [7, 11) is 0. The van der Waals surface area contributed by atoms with Crippen LogP contribution in [0.15, 0.2) is 71.2 Å². The van der Waals surface area contributed by atoms with Crippen LogP contribution in [0.1, 0.15) is 16.7 Å². The molecule has 3 aromatic carbocycles. The van der Waals surface area contributed by atoms with Gasteiger partial charge in [0.05, 0.1) is 4.47 Å². The Labute approximate surface area is 161 Å². The number of nitrogens with one attached hydrogen (secondary N) is 1. The van der Waals surface area contributed by atoms with Crippen LogP contribution in [0.4, 0.5) is 5.69 Å². The normalized spacial score (nSPS) is 10.5. The fourth-order valence-corrected chi connectivity index (χ4v) is 3.06. The van der Waals surface area contributed by atoms with Gasteiger partial charge in [-0.05, 0) is 70.4 Å². The number of aryl methyl sites for hydroxylation is 1. The summed E-state index contributed by atoms with van der Waals surface area (Å²) in [6.45, 7) is 3.36. The number of halogens is 2. The molecule has 25 heavy (non-hydrogen) atoms. The molecule has 0 unspecified atom stereocenters. The lowest BCUT2D eigenvalue weighted by molar-refractivity contribution is 0.304. The lowest BCUT2D eigenvalue weighted by Gasteiger charge is -2.11. The zero-order valence-electron chi connectivity index (χ0n) is 13.9. The van der Waals surface area contributed by atoms with Gasteiger partial charge in [0.2, 0.25) is 0 Å². The van der Waals surface area contributed by atoms with E-state index in [1.54, 1.807) is 0 Å². The van der Waals surface area contributed by atoms with Crippen LogP contribution in [-0.2, 0) is 13.2 Å². The van der Waals surface area contributed by atoms with Crippen LogP contribution in [-0.4, -0.2) is 0 Å². The van der Waals surface area contributed by atoms with Crippen LogP contribution in [0, 0.1) is 6.92 Å². The van der Waals surface area contributed by atoms with Crippen LogP contribution in [0.2, 0.25) is 5.02 Å². The molecule has 0 saturated carbocycles. The lowest BCUT2D eigenvalue weighted by Crippen LogP contribution is -2.00. The molecule has 2 nitrogen and oxygen atoms in total. The minimum atomic E-state index is 0.511. The fraction of sp³-hybridized carbons (Fsp3) is 0.143. The first kappa shape index (κ1) is 17.8. The molecule has 4 heteroatoms. The molecule has 0 aliphatic carbocycles. The summed E-state index contributed by atoms with van der Waals surface area (Å²) < 4.78 is 6.83. The van der Waals surface area contributed by atoms with E-state index in [1.165, 1.54) is 11.1 Å². The Balaban J connectivity index is 1.58. The number of anilines is 1. The SMILES string of the molecule is Cc1ccc(NCc2ccc(OCc3ccc(Cl)cc3)c(Br)c2)cc1. The van der Waals surface area contributed by atoms with Crippen molar-refractivity contribution < 1.29 is 4.74 Å². The van der Waals surface area contributed by atoms with E-state index in [0.29, 0.717) is 6.61 Å². The summed E-state index contributed by atoms with van der Waals surface area (Å²) in [6.07, 6.45) is 0. The first-order chi connectivity index (χ1) is 12.1. The highest BCUT2D eigenvalue weighted by atomic mass is 79.9. The molecule has 3 rings (SSSR count). The van der Waals surface area contributed by atoms with Crippen molar-refractivity contribution in [3.8, 4) is 5.75 Å². The highest BCUT2D eigenvalue weighted by Gasteiger charge is 2.04. The van der Waals surface area contributed by atoms with Crippen LogP contribution < -0.4 is 10.1 Å². The molecule has 0 saturated heterocycles. The molecule has 0 atom stereocenters. The average molecular weight is 417 g/mol. The van der Waals surface area contributed by atoms with E-state index in [0.717, 1.165) is 33.0 Å². The van der Waals surface area contributed by atoms with E-state index in [9.17, 15) is 0 Å². The predicted molar refractivity (Wildman–Crippen MR) is 108 cm³/mol. The molecule has 0 spiro atoms. The van der Waals surface area contributed by atoms with E-state index in [2.05, 4.69) is 64.6 Å². The molecule has 0 aliphatic rings. The monoisotopic (exact) mass is 415 g/mol. The first-order valence-corrected chi connectivity index (χ1v) is 9.23. The van der Waals surface area contributed by atoms with E-state index in [4.69, 9.17) is 16.3 Å². The second kappa shape index (κ2) is 8.41. The smallest absolute Gasteiger partial charge is 0.134 e. The standard InChI is InChI=1S/C21H19BrClNO/c1-15-2-9-19(10-3-15)24-13-17-6-11-21(20(22)12-17)25-14-16-4-7-18(23)8-5-16/h2-12,24H,13-14H2,1H3. The fourth-order valence-electron chi connectivity index (χ4n) is 2.39. The van der Waals surface area contributed by atoms with Crippen molar-refractivity contribution in [2.45, 2.75) is 20.1 Å². The molecular weight excluding hydrogens is 398 g/mol. The maximum absolute atomic E-state index is 5.90. The zero-order valence-corrected chi connectivity index (χ0v) is 16.3. The van der Waals surface area contributed by atoms with Gasteiger partial charge >= 0.3 is 0 Å². The van der Waals surface area contributed by atoms with Crippen molar-refractivity contribution in [1.29, 1.82) is 0 Å². The van der Waals surface area contributed by atoms with Crippen molar-refractivity contribution in [2.24, 2.45) is 0 Å². The molecule has 1 N–H and O–H groups in total. The molecule has 0 radical (unpaired) electrons. The van der Waals surface area contributed by atoms with Gasteiger partial charge < -0.3 is 10.1 Å². The second-order valence-electron chi connectivity index (χ2n) is 5.90. The van der Waals surface area contributed by atoms with Crippen LogP contribution in [0.25, 0.3) is 0 Å². The molecule has 3 aromatic rings. The van der Waals surface area contributed by atoms with Crippen molar-refractivity contribution in [2.75, 3.05) is 5.32 Å². The first-order valence-electron chi connectivity index (χ1n) is 8.06. The predicted octanol–water partition coefficient (Wildman–Crippen LogP) is 6.60. The van der Waals surface area contributed by atoms with Crippen molar-refractivity contribution in [1.82, 2.24) is 0 Å². The molecular formula is C21H19BrClNO. The molecule has 0 aliphatic heterocycles. The van der Waals surface area contributed by atoms with E-state index < -0.39 is 0 Å². The van der Waals surface area contributed by atoms with Crippen LogP contribution in [0.3, 0.4) is 0 Å². The third-order valence-electron chi connectivity index (χ3n) is 3.85. The van der Waals surface area contributed by atoms with Gasteiger partial charge in [-0.15, -0.1) is 0 Å². The maximum Gasteiger partial charge on any atom is 0.134 e. The largest absolute Gasteiger partial charge is 0.488 e. The van der Waals surface area contributed by atoms with Gasteiger partial charge in [0, 0.05) is 17.3 Å². The van der Waals surface area contributed by atoms with E-state index in [-0.39, 0.29) is 0 Å². The molecule has 0 heterocycles. The number of rotatable bonds is 6. The summed E-state index contributed by atoms with van der Waals surface area (Å²) in [6, 6.07) is 22.2. The Morgan fingerprint density at radius 3 is 2.28 bits per heavy atom. The summed E-state index contributed by atoms with van der Waals surface area (Å²) >= 11 is 9.49. The van der Waals surface area contributed by atoms with Crippen molar-refractivity contribution in [3.63, 3.8) is 0 Å². The molecule has 0 bridgehead atoms. The molecule has 0 aromatic heterocycles. The number of benzene rings is 3. The van der Waals surface area contributed by atoms with Gasteiger partial charge in [0.15, 0.2) is 0 Å². The summed E-state index contributed by atoms with van der Waals surface area (Å²) in [4.78, 5) is 0. The minimum absolute atomic E-state index is 0.511. The van der Waals surface area contributed by atoms with Crippen LogP contribution >= 0.6 is 27.5 Å². The number of hydrogen-bond acceptors (Lipinski definition) is 2. The van der Waals surface area contributed by atoms with E-state index in [1.807, 2.05) is 30.3 Å². The zero-order chi connectivity index (χ0) is 17.6. The Morgan fingerprint density at radius 2 is 1.60 bits per heavy atom. The molecule has 0 fully saturated rings. The molecule has 128 valence electrons. The Kier molecular flexibility index (Phi) is 6.00. The van der Waals surface area contributed by atoms with Gasteiger partial charge in [0.25, 0.3) is 0 Å². The summed E-state index contributed by atoms with van der Waals surface area (Å²) in [5, 5.41) is 4.16. The highest BCUT2D eigenvalue weighted by molar-refractivity contribution is 9.10. The maximum atomic E-state index is 5.90. The minimum Gasteiger partial charge on any atom is -0.488 e. The third kappa shape index (κ3) is 5.25. The summed E-state index contributed by atoms with van der Waals surface area (Å²) in [5.74, 6) is 0.828. The van der Waals surface area contributed by atoms with Gasteiger partial charge in [-0.1, -0.05) is 47.5 Å². The quantitative estimate of drug-likeness (QED) is 0.488. The van der Waals surface area contributed by atoms with E-state index >= 15 is 0 Å². The van der Waals surface area contributed by atoms with Gasteiger partial charge in [-0.2, -0.15) is 0 Å². The Bertz CT molecular complexity index is 832. The number of hydrogen-bond donors (Lipinski definition) is 1. The van der Waals surface area contributed by atoms with Crippen molar-refractivity contribution >= 4 is 33.2 Å². The van der Waals surface area contributed by atoms with Gasteiger partial charge in [-0.3, -0.25) is 0 Å². The third-order valence-corrected chi connectivity index (χ3v) is 4.72. The highest BCUT2D eigenvalue weighted by Crippen LogP contribution is 2.27. The average Bonchev–Trinajstić information content (AvgIpc) is 2.62. The molecule has 0 amide bonds.